The second-order valence-corrected chi connectivity index (χ2v) is 5.35. The van der Waals surface area contributed by atoms with E-state index in [0.717, 1.165) is 5.57 Å². The predicted octanol–water partition coefficient (Wildman–Crippen LogP) is 4.96. The van der Waals surface area contributed by atoms with E-state index >= 15 is 0 Å². The highest BCUT2D eigenvalue weighted by Crippen LogP contribution is 2.56. The van der Waals surface area contributed by atoms with Gasteiger partial charge in [-0.1, -0.05) is 44.2 Å². The summed E-state index contributed by atoms with van der Waals surface area (Å²) in [6.07, 6.45) is 9.95. The van der Waals surface area contributed by atoms with Gasteiger partial charge in [-0.15, -0.1) is 0 Å². The lowest BCUT2D eigenvalue weighted by atomic mass is 9.75. The van der Waals surface area contributed by atoms with Crippen LogP contribution in [0.2, 0.25) is 0 Å². The van der Waals surface area contributed by atoms with Crippen molar-refractivity contribution < 1.29 is 0 Å². The SMILES string of the molecule is C=CC1=C(C(=C)C(=C)C)C2(CCCC2)CC1. The number of hydrogen-bond donors (Lipinski definition) is 0. The summed E-state index contributed by atoms with van der Waals surface area (Å²) in [7, 11) is 0. The van der Waals surface area contributed by atoms with E-state index < -0.39 is 0 Å². The monoisotopic (exact) mass is 214 g/mol. The Labute approximate surface area is 99.4 Å². The molecule has 0 aliphatic heterocycles. The van der Waals surface area contributed by atoms with Gasteiger partial charge in [0.1, 0.15) is 0 Å². The largest absolute Gasteiger partial charge is 0.0988 e. The summed E-state index contributed by atoms with van der Waals surface area (Å²) in [5.74, 6) is 0. The predicted molar refractivity (Wildman–Crippen MR) is 71.3 cm³/mol. The van der Waals surface area contributed by atoms with Crippen molar-refractivity contribution in [2.45, 2.75) is 45.4 Å². The maximum atomic E-state index is 4.25. The van der Waals surface area contributed by atoms with Crippen molar-refractivity contribution in [3.8, 4) is 0 Å². The Morgan fingerprint density at radius 2 is 1.81 bits per heavy atom. The van der Waals surface area contributed by atoms with Crippen molar-refractivity contribution in [3.05, 3.63) is 48.1 Å². The van der Waals surface area contributed by atoms with Crippen molar-refractivity contribution in [1.29, 1.82) is 0 Å². The standard InChI is InChI=1S/C16H22/c1-5-14-8-11-16(9-6-7-10-16)15(14)13(4)12(2)3/h5H,1-2,4,6-11H2,3H3. The lowest BCUT2D eigenvalue weighted by molar-refractivity contribution is 0.370. The highest BCUT2D eigenvalue weighted by Gasteiger charge is 2.42. The Morgan fingerprint density at radius 1 is 1.19 bits per heavy atom. The molecule has 0 saturated heterocycles. The molecular weight excluding hydrogens is 192 g/mol. The van der Waals surface area contributed by atoms with E-state index in [-0.39, 0.29) is 0 Å². The molecule has 86 valence electrons. The van der Waals surface area contributed by atoms with Gasteiger partial charge in [-0.05, 0) is 54.7 Å². The molecule has 0 aromatic carbocycles. The first-order valence-corrected chi connectivity index (χ1v) is 6.32. The van der Waals surface area contributed by atoms with Gasteiger partial charge in [0.05, 0.1) is 0 Å². The molecule has 0 heteroatoms. The minimum Gasteiger partial charge on any atom is -0.0988 e. The van der Waals surface area contributed by atoms with Crippen molar-refractivity contribution in [2.75, 3.05) is 0 Å². The summed E-state index contributed by atoms with van der Waals surface area (Å²) < 4.78 is 0. The molecule has 2 aliphatic rings. The van der Waals surface area contributed by atoms with Gasteiger partial charge in [0, 0.05) is 0 Å². The fourth-order valence-corrected chi connectivity index (χ4v) is 3.45. The second kappa shape index (κ2) is 4.08. The van der Waals surface area contributed by atoms with Crippen molar-refractivity contribution >= 4 is 0 Å². The first-order valence-electron chi connectivity index (χ1n) is 6.32. The van der Waals surface area contributed by atoms with Gasteiger partial charge in [0.25, 0.3) is 0 Å². The number of allylic oxidation sites excluding steroid dienone is 5. The zero-order valence-corrected chi connectivity index (χ0v) is 10.4. The van der Waals surface area contributed by atoms with Crippen LogP contribution < -0.4 is 0 Å². The molecule has 0 aromatic heterocycles. The highest BCUT2D eigenvalue weighted by atomic mass is 14.5. The van der Waals surface area contributed by atoms with Crippen LogP contribution >= 0.6 is 0 Å². The third kappa shape index (κ3) is 1.61. The molecule has 2 rings (SSSR count). The van der Waals surface area contributed by atoms with Gasteiger partial charge in [-0.2, -0.15) is 0 Å². The van der Waals surface area contributed by atoms with Crippen LogP contribution in [-0.2, 0) is 0 Å². The lowest BCUT2D eigenvalue weighted by Crippen LogP contribution is -2.17. The third-order valence-corrected chi connectivity index (χ3v) is 4.35. The Kier molecular flexibility index (Phi) is 2.92. The van der Waals surface area contributed by atoms with Crippen LogP contribution in [0.4, 0.5) is 0 Å². The first-order chi connectivity index (χ1) is 7.60. The summed E-state index contributed by atoms with van der Waals surface area (Å²) in [4.78, 5) is 0. The van der Waals surface area contributed by atoms with Crippen LogP contribution in [0.3, 0.4) is 0 Å². The smallest absolute Gasteiger partial charge is 0.00353 e. The van der Waals surface area contributed by atoms with Gasteiger partial charge in [-0.25, -0.2) is 0 Å². The topological polar surface area (TPSA) is 0 Å². The van der Waals surface area contributed by atoms with Gasteiger partial charge in [0.15, 0.2) is 0 Å². The zero-order valence-electron chi connectivity index (χ0n) is 10.4. The normalized spacial score (nSPS) is 22.8. The van der Waals surface area contributed by atoms with Crippen molar-refractivity contribution in [2.24, 2.45) is 5.41 Å². The van der Waals surface area contributed by atoms with Crippen LogP contribution in [0.5, 0.6) is 0 Å². The molecule has 1 saturated carbocycles. The third-order valence-electron chi connectivity index (χ3n) is 4.35. The highest BCUT2D eigenvalue weighted by molar-refractivity contribution is 5.53. The van der Waals surface area contributed by atoms with Crippen LogP contribution in [0.25, 0.3) is 0 Å². The molecule has 0 bridgehead atoms. The second-order valence-electron chi connectivity index (χ2n) is 5.35. The van der Waals surface area contributed by atoms with Crippen molar-refractivity contribution in [1.82, 2.24) is 0 Å². The average molecular weight is 214 g/mol. The van der Waals surface area contributed by atoms with Gasteiger partial charge in [-0.3, -0.25) is 0 Å². The maximum Gasteiger partial charge on any atom is -0.00353 e. The minimum absolute atomic E-state index is 0.430. The van der Waals surface area contributed by atoms with Crippen LogP contribution in [0, 0.1) is 5.41 Å². The lowest BCUT2D eigenvalue weighted by Gasteiger charge is -2.29. The first kappa shape index (κ1) is 11.4. The molecule has 0 unspecified atom stereocenters. The van der Waals surface area contributed by atoms with Gasteiger partial charge in [0.2, 0.25) is 0 Å². The fraction of sp³-hybridized carbons (Fsp3) is 0.500. The number of hydrogen-bond acceptors (Lipinski definition) is 0. The van der Waals surface area contributed by atoms with Gasteiger partial charge < -0.3 is 0 Å². The molecule has 0 N–H and O–H groups in total. The Balaban J connectivity index is 2.44. The van der Waals surface area contributed by atoms with E-state index in [0.29, 0.717) is 5.41 Å². The van der Waals surface area contributed by atoms with E-state index in [2.05, 4.69) is 26.7 Å². The molecule has 16 heavy (non-hydrogen) atoms. The van der Waals surface area contributed by atoms with E-state index in [4.69, 9.17) is 0 Å². The maximum absolute atomic E-state index is 4.25. The minimum atomic E-state index is 0.430. The van der Waals surface area contributed by atoms with Crippen LogP contribution in [0.15, 0.2) is 48.1 Å². The van der Waals surface area contributed by atoms with Crippen molar-refractivity contribution in [3.63, 3.8) is 0 Å². The molecule has 2 aliphatic carbocycles. The summed E-state index contributed by atoms with van der Waals surface area (Å²) in [6, 6.07) is 0. The summed E-state index contributed by atoms with van der Waals surface area (Å²) >= 11 is 0. The molecule has 0 aromatic rings. The molecule has 0 heterocycles. The van der Waals surface area contributed by atoms with Crippen LogP contribution in [-0.4, -0.2) is 0 Å². The number of rotatable bonds is 3. The molecule has 1 fully saturated rings. The molecule has 0 atom stereocenters. The van der Waals surface area contributed by atoms with E-state index in [9.17, 15) is 0 Å². The Morgan fingerprint density at radius 3 is 2.31 bits per heavy atom. The Bertz CT molecular complexity index is 373. The van der Waals surface area contributed by atoms with E-state index in [1.54, 1.807) is 0 Å². The van der Waals surface area contributed by atoms with E-state index in [1.165, 1.54) is 55.2 Å². The Hall–Kier alpha value is -1.04. The quantitative estimate of drug-likeness (QED) is 0.583. The van der Waals surface area contributed by atoms with Gasteiger partial charge >= 0.3 is 0 Å². The molecule has 1 spiro atoms. The summed E-state index contributed by atoms with van der Waals surface area (Å²) in [5.41, 5.74) is 5.64. The summed E-state index contributed by atoms with van der Waals surface area (Å²) in [6.45, 7) is 14.3. The fourth-order valence-electron chi connectivity index (χ4n) is 3.45. The molecule has 0 amide bonds. The van der Waals surface area contributed by atoms with Crippen LogP contribution in [0.1, 0.15) is 45.4 Å². The molecule has 0 nitrogen and oxygen atoms in total. The zero-order chi connectivity index (χ0) is 11.8. The molecular formula is C16H22. The summed E-state index contributed by atoms with van der Waals surface area (Å²) in [5, 5.41) is 0. The average Bonchev–Trinajstić information content (AvgIpc) is 2.86. The van der Waals surface area contributed by atoms with E-state index in [1.807, 2.05) is 6.08 Å². The molecule has 0 radical (unpaired) electrons.